The molecule has 6 nitrogen and oxygen atoms in total. The Morgan fingerprint density at radius 3 is 2.75 bits per heavy atom. The van der Waals surface area contributed by atoms with Crippen molar-refractivity contribution in [2.75, 3.05) is 30.3 Å². The van der Waals surface area contributed by atoms with Crippen molar-refractivity contribution in [2.45, 2.75) is 11.8 Å². The van der Waals surface area contributed by atoms with Gasteiger partial charge in [-0.3, -0.25) is 4.79 Å². The second-order valence-electron chi connectivity index (χ2n) is 4.12. The largest absolute Gasteiger partial charge is 0.399 e. The molecule has 1 aromatic rings. The van der Waals surface area contributed by atoms with Gasteiger partial charge in [-0.25, -0.2) is 13.1 Å². The van der Waals surface area contributed by atoms with Gasteiger partial charge >= 0.3 is 0 Å². The number of amides is 1. The average molecular weight is 317 g/mol. The molecule has 4 N–H and O–H groups in total. The van der Waals surface area contributed by atoms with Crippen LogP contribution in [0.3, 0.4) is 0 Å². The third-order valence-corrected chi connectivity index (χ3v) is 4.94. The molecular weight excluding hydrogens is 298 g/mol. The summed E-state index contributed by atoms with van der Waals surface area (Å²) >= 11 is 1.44. The minimum Gasteiger partial charge on any atom is -0.399 e. The van der Waals surface area contributed by atoms with Crippen LogP contribution < -0.4 is 15.8 Å². The lowest BCUT2D eigenvalue weighted by Crippen LogP contribution is -2.35. The standard InChI is InChI=1S/C12H19N3O3S2/c1-10(16)14-5-6-15-20(17,18)8-7-19-12-4-2-3-11(13)9-12/h2-4,9,15H,5-8,13H2,1H3,(H,14,16). The van der Waals surface area contributed by atoms with Crippen molar-refractivity contribution < 1.29 is 13.2 Å². The van der Waals surface area contributed by atoms with E-state index in [9.17, 15) is 13.2 Å². The van der Waals surface area contributed by atoms with E-state index in [1.54, 1.807) is 6.07 Å². The molecule has 0 fully saturated rings. The minimum atomic E-state index is -3.31. The fraction of sp³-hybridized carbons (Fsp3) is 0.417. The average Bonchev–Trinajstić information content (AvgIpc) is 2.34. The highest BCUT2D eigenvalue weighted by Gasteiger charge is 2.09. The van der Waals surface area contributed by atoms with E-state index in [0.29, 0.717) is 11.4 Å². The van der Waals surface area contributed by atoms with Crippen LogP contribution in [0.1, 0.15) is 6.92 Å². The SMILES string of the molecule is CC(=O)NCCNS(=O)(=O)CCSc1cccc(N)c1. The summed E-state index contributed by atoms with van der Waals surface area (Å²) < 4.78 is 25.8. The number of rotatable bonds is 8. The molecule has 0 saturated carbocycles. The van der Waals surface area contributed by atoms with Crippen LogP contribution in [0, 0.1) is 0 Å². The molecule has 0 aliphatic rings. The lowest BCUT2D eigenvalue weighted by molar-refractivity contribution is -0.118. The molecule has 0 radical (unpaired) electrons. The van der Waals surface area contributed by atoms with Gasteiger partial charge in [-0.2, -0.15) is 0 Å². The Kier molecular flexibility index (Phi) is 6.83. The molecule has 0 bridgehead atoms. The first-order chi connectivity index (χ1) is 9.39. The van der Waals surface area contributed by atoms with E-state index in [0.717, 1.165) is 4.90 Å². The van der Waals surface area contributed by atoms with Crippen LogP contribution in [0.5, 0.6) is 0 Å². The van der Waals surface area contributed by atoms with Gasteiger partial charge in [0.2, 0.25) is 15.9 Å². The molecule has 8 heteroatoms. The van der Waals surface area contributed by atoms with Crippen molar-refractivity contribution >= 4 is 33.4 Å². The highest BCUT2D eigenvalue weighted by Crippen LogP contribution is 2.19. The Balaban J connectivity index is 2.27. The van der Waals surface area contributed by atoms with Crippen molar-refractivity contribution in [2.24, 2.45) is 0 Å². The number of hydrogen-bond acceptors (Lipinski definition) is 5. The molecule has 0 unspecified atom stereocenters. The lowest BCUT2D eigenvalue weighted by Gasteiger charge is -2.07. The molecule has 0 atom stereocenters. The van der Waals surface area contributed by atoms with E-state index in [1.165, 1.54) is 18.7 Å². The fourth-order valence-corrected chi connectivity index (χ4v) is 3.79. The van der Waals surface area contributed by atoms with Crippen molar-refractivity contribution in [3.05, 3.63) is 24.3 Å². The number of benzene rings is 1. The number of sulfonamides is 1. The topological polar surface area (TPSA) is 101 Å². The van der Waals surface area contributed by atoms with Crippen LogP contribution in [-0.4, -0.2) is 38.9 Å². The van der Waals surface area contributed by atoms with Crippen molar-refractivity contribution in [1.29, 1.82) is 0 Å². The summed E-state index contributed by atoms with van der Waals surface area (Å²) in [6.45, 7) is 1.87. The number of hydrogen-bond donors (Lipinski definition) is 3. The van der Waals surface area contributed by atoms with Gasteiger partial charge in [-0.15, -0.1) is 11.8 Å². The highest BCUT2D eigenvalue weighted by atomic mass is 32.2. The second-order valence-corrected chi connectivity index (χ2v) is 7.21. The van der Waals surface area contributed by atoms with Crippen LogP contribution in [0.4, 0.5) is 5.69 Å². The van der Waals surface area contributed by atoms with Gasteiger partial charge in [0.05, 0.1) is 5.75 Å². The van der Waals surface area contributed by atoms with Crippen LogP contribution in [-0.2, 0) is 14.8 Å². The Labute approximate surface area is 123 Å². The van der Waals surface area contributed by atoms with Gasteiger partial charge in [0, 0.05) is 36.3 Å². The zero-order chi connectivity index (χ0) is 15.0. The van der Waals surface area contributed by atoms with E-state index >= 15 is 0 Å². The summed E-state index contributed by atoms with van der Waals surface area (Å²) in [7, 11) is -3.31. The first-order valence-electron chi connectivity index (χ1n) is 6.09. The summed E-state index contributed by atoms with van der Waals surface area (Å²) in [5, 5.41) is 2.52. The van der Waals surface area contributed by atoms with Gasteiger partial charge in [0.15, 0.2) is 0 Å². The number of thioether (sulfide) groups is 1. The number of nitrogen functional groups attached to an aromatic ring is 1. The predicted molar refractivity (Wildman–Crippen MR) is 82.1 cm³/mol. The van der Waals surface area contributed by atoms with Gasteiger partial charge in [0.1, 0.15) is 0 Å². The summed E-state index contributed by atoms with van der Waals surface area (Å²) in [6, 6.07) is 7.31. The highest BCUT2D eigenvalue weighted by molar-refractivity contribution is 8.00. The maximum absolute atomic E-state index is 11.7. The molecule has 0 aliphatic heterocycles. The molecule has 0 aliphatic carbocycles. The summed E-state index contributed by atoms with van der Waals surface area (Å²) in [6.07, 6.45) is 0. The predicted octanol–water partition coefficient (Wildman–Crippen LogP) is 0.416. The van der Waals surface area contributed by atoms with Crippen molar-refractivity contribution in [3.8, 4) is 0 Å². The van der Waals surface area contributed by atoms with Gasteiger partial charge in [-0.1, -0.05) is 6.07 Å². The quantitative estimate of drug-likeness (QED) is 0.366. The van der Waals surface area contributed by atoms with E-state index < -0.39 is 10.0 Å². The van der Waals surface area contributed by atoms with E-state index in [2.05, 4.69) is 10.0 Å². The normalized spacial score (nSPS) is 11.2. The third kappa shape index (κ3) is 7.37. The molecule has 20 heavy (non-hydrogen) atoms. The van der Waals surface area contributed by atoms with Crippen LogP contribution in [0.25, 0.3) is 0 Å². The fourth-order valence-electron chi connectivity index (χ4n) is 1.39. The van der Waals surface area contributed by atoms with E-state index in [-0.39, 0.29) is 24.7 Å². The molecule has 0 saturated heterocycles. The molecule has 0 heterocycles. The summed E-state index contributed by atoms with van der Waals surface area (Å²) in [5.41, 5.74) is 6.30. The van der Waals surface area contributed by atoms with Crippen LogP contribution >= 0.6 is 11.8 Å². The van der Waals surface area contributed by atoms with Crippen molar-refractivity contribution in [1.82, 2.24) is 10.0 Å². The smallest absolute Gasteiger partial charge is 0.216 e. The number of carbonyl (C=O) groups is 1. The Morgan fingerprint density at radius 1 is 1.35 bits per heavy atom. The van der Waals surface area contributed by atoms with Crippen molar-refractivity contribution in [3.63, 3.8) is 0 Å². The second kappa shape index (κ2) is 8.13. The summed E-state index contributed by atoms with van der Waals surface area (Å²) in [5.74, 6) is 0.285. The third-order valence-electron chi connectivity index (χ3n) is 2.30. The maximum Gasteiger partial charge on any atom is 0.216 e. The Morgan fingerprint density at radius 2 is 2.10 bits per heavy atom. The summed E-state index contributed by atoms with van der Waals surface area (Å²) in [4.78, 5) is 11.6. The molecule has 0 spiro atoms. The number of carbonyl (C=O) groups excluding carboxylic acids is 1. The molecule has 0 aromatic heterocycles. The molecule has 1 amide bonds. The van der Waals surface area contributed by atoms with E-state index in [1.807, 2.05) is 18.2 Å². The Bertz CT molecular complexity index is 547. The monoisotopic (exact) mass is 317 g/mol. The van der Waals surface area contributed by atoms with Crippen LogP contribution in [0.2, 0.25) is 0 Å². The van der Waals surface area contributed by atoms with E-state index in [4.69, 9.17) is 5.73 Å². The zero-order valence-corrected chi connectivity index (χ0v) is 12.9. The van der Waals surface area contributed by atoms with Gasteiger partial charge < -0.3 is 11.1 Å². The molecular formula is C12H19N3O3S2. The maximum atomic E-state index is 11.7. The van der Waals surface area contributed by atoms with Gasteiger partial charge in [-0.05, 0) is 18.2 Å². The first kappa shape index (κ1) is 16.8. The number of anilines is 1. The zero-order valence-electron chi connectivity index (χ0n) is 11.3. The molecule has 1 rings (SSSR count). The molecule has 1 aromatic carbocycles. The Hall–Kier alpha value is -1.25. The molecule has 112 valence electrons. The lowest BCUT2D eigenvalue weighted by atomic mass is 10.3. The number of nitrogens with two attached hydrogens (primary N) is 1. The number of nitrogens with one attached hydrogen (secondary N) is 2. The minimum absolute atomic E-state index is 0.0204. The first-order valence-corrected chi connectivity index (χ1v) is 8.73. The van der Waals surface area contributed by atoms with Crippen LogP contribution in [0.15, 0.2) is 29.2 Å². The van der Waals surface area contributed by atoms with Gasteiger partial charge in [0.25, 0.3) is 0 Å².